The maximum atomic E-state index is 12.0. The number of hydrogen-bond donors (Lipinski definition) is 1. The summed E-state index contributed by atoms with van der Waals surface area (Å²) in [7, 11) is 0. The van der Waals surface area contributed by atoms with Gasteiger partial charge in [0.05, 0.1) is 4.88 Å². The Hall–Kier alpha value is -0.670. The number of nitrogens with two attached hydrogens (primary N) is 1. The van der Waals surface area contributed by atoms with E-state index in [2.05, 4.69) is 0 Å². The molecule has 1 fully saturated rings. The molecule has 1 saturated carbocycles. The van der Waals surface area contributed by atoms with Gasteiger partial charge in [-0.05, 0) is 38.3 Å². The first kappa shape index (κ1) is 9.87. The van der Waals surface area contributed by atoms with Gasteiger partial charge in [0.15, 0.2) is 5.78 Å². The van der Waals surface area contributed by atoms with E-state index in [-0.39, 0.29) is 12.0 Å². The van der Waals surface area contributed by atoms with Crippen LogP contribution >= 0.6 is 11.3 Å². The van der Waals surface area contributed by atoms with Crippen LogP contribution in [0.25, 0.3) is 0 Å². The molecular formula is C11H15NOS. The summed E-state index contributed by atoms with van der Waals surface area (Å²) in [4.78, 5) is 14.1. The Kier molecular flexibility index (Phi) is 2.70. The van der Waals surface area contributed by atoms with Crippen LogP contribution in [0.4, 0.5) is 0 Å². The number of Topliss-reactive ketones (excluding diaryl/α,β-unsaturated/α-hetero) is 1. The molecule has 2 atom stereocenters. The summed E-state index contributed by atoms with van der Waals surface area (Å²) in [6.07, 6.45) is 2.84. The quantitative estimate of drug-likeness (QED) is 0.760. The van der Waals surface area contributed by atoms with Gasteiger partial charge in [-0.1, -0.05) is 0 Å². The lowest BCUT2D eigenvalue weighted by molar-refractivity contribution is 0.0926. The van der Waals surface area contributed by atoms with E-state index in [0.29, 0.717) is 5.78 Å². The van der Waals surface area contributed by atoms with E-state index in [4.69, 9.17) is 5.73 Å². The molecule has 0 aromatic carbocycles. The highest BCUT2D eigenvalue weighted by Crippen LogP contribution is 2.29. The van der Waals surface area contributed by atoms with Crippen molar-refractivity contribution in [2.45, 2.75) is 32.2 Å². The lowest BCUT2D eigenvalue weighted by atomic mass is 10.0. The Morgan fingerprint density at radius 1 is 1.50 bits per heavy atom. The van der Waals surface area contributed by atoms with Crippen LogP contribution in [0.1, 0.15) is 33.8 Å². The van der Waals surface area contributed by atoms with Crippen molar-refractivity contribution in [3.05, 3.63) is 21.9 Å². The predicted octanol–water partition coefficient (Wildman–Crippen LogP) is 2.37. The van der Waals surface area contributed by atoms with Gasteiger partial charge in [0.1, 0.15) is 0 Å². The maximum Gasteiger partial charge on any atom is 0.175 e. The molecule has 0 saturated heterocycles. The third-order valence-corrected chi connectivity index (χ3v) is 3.84. The summed E-state index contributed by atoms with van der Waals surface area (Å²) in [6.45, 7) is 2.03. The lowest BCUT2D eigenvalue weighted by Crippen LogP contribution is -2.17. The molecule has 1 heterocycles. The monoisotopic (exact) mass is 209 g/mol. The maximum absolute atomic E-state index is 12.0. The van der Waals surface area contributed by atoms with Crippen LogP contribution in [0.2, 0.25) is 0 Å². The van der Waals surface area contributed by atoms with Crippen molar-refractivity contribution in [2.24, 2.45) is 11.7 Å². The first-order valence-corrected chi connectivity index (χ1v) is 5.84. The van der Waals surface area contributed by atoms with Crippen LogP contribution in [0.15, 0.2) is 12.1 Å². The largest absolute Gasteiger partial charge is 0.328 e. The Morgan fingerprint density at radius 3 is 2.79 bits per heavy atom. The Morgan fingerprint density at radius 2 is 2.29 bits per heavy atom. The molecule has 2 rings (SSSR count). The molecule has 1 aromatic rings. The summed E-state index contributed by atoms with van der Waals surface area (Å²) in [5.74, 6) is 0.485. The number of carbonyl (C=O) groups is 1. The van der Waals surface area contributed by atoms with E-state index in [0.717, 1.165) is 24.1 Å². The second-order valence-electron chi connectivity index (χ2n) is 4.04. The van der Waals surface area contributed by atoms with E-state index < -0.39 is 0 Å². The van der Waals surface area contributed by atoms with Crippen molar-refractivity contribution < 1.29 is 4.79 Å². The minimum absolute atomic E-state index is 0.183. The van der Waals surface area contributed by atoms with Gasteiger partial charge in [-0.2, -0.15) is 0 Å². The third kappa shape index (κ3) is 1.88. The average Bonchev–Trinajstić information content (AvgIpc) is 2.73. The van der Waals surface area contributed by atoms with Crippen LogP contribution in [0.3, 0.4) is 0 Å². The molecule has 3 heteroatoms. The molecule has 0 amide bonds. The summed E-state index contributed by atoms with van der Waals surface area (Å²) in [5.41, 5.74) is 5.80. The van der Waals surface area contributed by atoms with Gasteiger partial charge in [0, 0.05) is 16.8 Å². The van der Waals surface area contributed by atoms with Crippen molar-refractivity contribution in [1.29, 1.82) is 0 Å². The summed E-state index contributed by atoms with van der Waals surface area (Å²) >= 11 is 1.59. The molecule has 0 bridgehead atoms. The van der Waals surface area contributed by atoms with Crippen LogP contribution in [0.5, 0.6) is 0 Å². The van der Waals surface area contributed by atoms with Crippen molar-refractivity contribution in [2.75, 3.05) is 0 Å². The molecule has 14 heavy (non-hydrogen) atoms. The van der Waals surface area contributed by atoms with Crippen molar-refractivity contribution in [1.82, 2.24) is 0 Å². The second kappa shape index (κ2) is 3.83. The standard InChI is InChI=1S/C11H15NOS/c1-7-2-5-10(14-7)11(13)8-3-4-9(12)6-8/h2,5,8-9H,3-4,6,12H2,1H3. The Bertz CT molecular complexity index is 345. The first-order valence-electron chi connectivity index (χ1n) is 5.03. The summed E-state index contributed by atoms with van der Waals surface area (Å²) < 4.78 is 0. The fourth-order valence-electron chi connectivity index (χ4n) is 2.02. The van der Waals surface area contributed by atoms with Gasteiger partial charge in [-0.3, -0.25) is 4.79 Å². The Balaban J connectivity index is 2.09. The van der Waals surface area contributed by atoms with Gasteiger partial charge in [-0.25, -0.2) is 0 Å². The van der Waals surface area contributed by atoms with Crippen molar-refractivity contribution in [3.8, 4) is 0 Å². The van der Waals surface area contributed by atoms with Crippen LogP contribution < -0.4 is 5.73 Å². The van der Waals surface area contributed by atoms with Crippen LogP contribution in [-0.2, 0) is 0 Å². The van der Waals surface area contributed by atoms with Crippen molar-refractivity contribution >= 4 is 17.1 Å². The highest BCUT2D eigenvalue weighted by Gasteiger charge is 2.28. The fraction of sp³-hybridized carbons (Fsp3) is 0.545. The molecule has 0 radical (unpaired) electrons. The second-order valence-corrected chi connectivity index (χ2v) is 5.33. The normalized spacial score (nSPS) is 26.7. The smallest absolute Gasteiger partial charge is 0.175 e. The van der Waals surface area contributed by atoms with Gasteiger partial charge >= 0.3 is 0 Å². The van der Waals surface area contributed by atoms with E-state index >= 15 is 0 Å². The predicted molar refractivity (Wildman–Crippen MR) is 58.7 cm³/mol. The molecule has 2 N–H and O–H groups in total. The first-order chi connectivity index (χ1) is 6.66. The highest BCUT2D eigenvalue weighted by atomic mass is 32.1. The zero-order chi connectivity index (χ0) is 10.1. The van der Waals surface area contributed by atoms with E-state index in [9.17, 15) is 4.79 Å². The SMILES string of the molecule is Cc1ccc(C(=O)C2CCC(N)C2)s1. The molecule has 76 valence electrons. The number of aryl methyl sites for hydroxylation is 1. The number of rotatable bonds is 2. The molecular weight excluding hydrogens is 194 g/mol. The van der Waals surface area contributed by atoms with Crippen LogP contribution in [0, 0.1) is 12.8 Å². The summed E-state index contributed by atoms with van der Waals surface area (Å²) in [5, 5.41) is 0. The topological polar surface area (TPSA) is 43.1 Å². The highest BCUT2D eigenvalue weighted by molar-refractivity contribution is 7.14. The zero-order valence-corrected chi connectivity index (χ0v) is 9.14. The van der Waals surface area contributed by atoms with Gasteiger partial charge in [0.2, 0.25) is 0 Å². The minimum Gasteiger partial charge on any atom is -0.328 e. The molecule has 1 aliphatic rings. The van der Waals surface area contributed by atoms with Gasteiger partial charge < -0.3 is 5.73 Å². The zero-order valence-electron chi connectivity index (χ0n) is 8.32. The molecule has 2 unspecified atom stereocenters. The van der Waals surface area contributed by atoms with E-state index in [1.54, 1.807) is 11.3 Å². The summed E-state index contributed by atoms with van der Waals surface area (Å²) in [6, 6.07) is 4.18. The van der Waals surface area contributed by atoms with E-state index in [1.165, 1.54) is 4.88 Å². The number of carbonyl (C=O) groups excluding carboxylic acids is 1. The third-order valence-electron chi connectivity index (χ3n) is 2.83. The minimum atomic E-state index is 0.183. The van der Waals surface area contributed by atoms with Gasteiger partial charge in [0.25, 0.3) is 0 Å². The van der Waals surface area contributed by atoms with Gasteiger partial charge in [-0.15, -0.1) is 11.3 Å². The molecule has 1 aromatic heterocycles. The number of ketones is 1. The molecule has 1 aliphatic carbocycles. The molecule has 0 aliphatic heterocycles. The van der Waals surface area contributed by atoms with Crippen molar-refractivity contribution in [3.63, 3.8) is 0 Å². The van der Waals surface area contributed by atoms with Crippen LogP contribution in [-0.4, -0.2) is 11.8 Å². The number of hydrogen-bond acceptors (Lipinski definition) is 3. The average molecular weight is 209 g/mol. The lowest BCUT2D eigenvalue weighted by Gasteiger charge is -2.05. The number of thiophene rings is 1. The fourth-order valence-corrected chi connectivity index (χ4v) is 2.91. The van der Waals surface area contributed by atoms with E-state index in [1.807, 2.05) is 19.1 Å². The Labute approximate surface area is 88.1 Å². The molecule has 2 nitrogen and oxygen atoms in total. The molecule has 0 spiro atoms.